The van der Waals surface area contributed by atoms with E-state index < -0.39 is 10.0 Å². The Labute approximate surface area is 140 Å². The minimum Gasteiger partial charge on any atom is -0.325 e. The summed E-state index contributed by atoms with van der Waals surface area (Å²) in [6.45, 7) is 2.04. The second-order valence-electron chi connectivity index (χ2n) is 5.14. The van der Waals surface area contributed by atoms with Crippen LogP contribution in [0.2, 0.25) is 10.0 Å². The van der Waals surface area contributed by atoms with Crippen LogP contribution in [-0.4, -0.2) is 62.5 Å². The molecule has 0 spiro atoms. The third kappa shape index (κ3) is 5.10. The van der Waals surface area contributed by atoms with E-state index in [9.17, 15) is 13.2 Å². The molecule has 22 heavy (non-hydrogen) atoms. The number of sulfonamides is 1. The summed E-state index contributed by atoms with van der Waals surface area (Å²) in [6, 6.07) is 4.82. The number of carbonyl (C=O) groups is 1. The number of carbonyl (C=O) groups excluding carboxylic acids is 1. The maximum Gasteiger partial charge on any atom is 0.238 e. The standard InChI is InChI=1S/C13H17Cl2N3O3S/c1-22(20,21)18-4-2-17(3-5-18)9-13(19)16-12-7-10(14)6-11(15)8-12/h6-8H,2-5,9H2,1H3,(H,16,19). The van der Waals surface area contributed by atoms with Gasteiger partial charge in [-0.15, -0.1) is 0 Å². The van der Waals surface area contributed by atoms with Gasteiger partial charge in [0.2, 0.25) is 15.9 Å². The number of nitrogens with one attached hydrogen (secondary N) is 1. The molecule has 0 aliphatic carbocycles. The summed E-state index contributed by atoms with van der Waals surface area (Å²) >= 11 is 11.8. The van der Waals surface area contributed by atoms with Gasteiger partial charge in [-0.25, -0.2) is 8.42 Å². The summed E-state index contributed by atoms with van der Waals surface area (Å²) in [5.74, 6) is -0.189. The van der Waals surface area contributed by atoms with Gasteiger partial charge in [0.05, 0.1) is 12.8 Å². The normalized spacial score (nSPS) is 17.4. The van der Waals surface area contributed by atoms with E-state index in [0.717, 1.165) is 0 Å². The molecule has 1 N–H and O–H groups in total. The number of benzene rings is 1. The van der Waals surface area contributed by atoms with E-state index in [1.165, 1.54) is 10.6 Å². The molecule has 0 aromatic heterocycles. The molecule has 2 rings (SSSR count). The number of hydrogen-bond acceptors (Lipinski definition) is 4. The van der Waals surface area contributed by atoms with Crippen molar-refractivity contribution in [1.29, 1.82) is 0 Å². The fourth-order valence-corrected chi connectivity index (χ4v) is 3.60. The van der Waals surface area contributed by atoms with E-state index >= 15 is 0 Å². The van der Waals surface area contributed by atoms with Crippen molar-refractivity contribution >= 4 is 44.8 Å². The number of rotatable bonds is 4. The van der Waals surface area contributed by atoms with Crippen LogP contribution in [0.15, 0.2) is 18.2 Å². The van der Waals surface area contributed by atoms with Gasteiger partial charge in [0, 0.05) is 41.9 Å². The SMILES string of the molecule is CS(=O)(=O)N1CCN(CC(=O)Nc2cc(Cl)cc(Cl)c2)CC1. The van der Waals surface area contributed by atoms with Crippen molar-refractivity contribution in [2.24, 2.45) is 0 Å². The molecule has 0 radical (unpaired) electrons. The van der Waals surface area contributed by atoms with Gasteiger partial charge in [0.25, 0.3) is 0 Å². The molecule has 1 heterocycles. The van der Waals surface area contributed by atoms with Crippen molar-refractivity contribution in [3.63, 3.8) is 0 Å². The van der Waals surface area contributed by atoms with E-state index in [2.05, 4.69) is 5.32 Å². The predicted octanol–water partition coefficient (Wildman–Crippen LogP) is 1.51. The number of halogens is 2. The molecule has 1 fully saturated rings. The van der Waals surface area contributed by atoms with Crippen molar-refractivity contribution in [3.8, 4) is 0 Å². The first kappa shape index (κ1) is 17.5. The first-order chi connectivity index (χ1) is 10.2. The Morgan fingerprint density at radius 1 is 1.14 bits per heavy atom. The van der Waals surface area contributed by atoms with Crippen LogP contribution in [-0.2, 0) is 14.8 Å². The molecule has 1 saturated heterocycles. The molecule has 0 atom stereocenters. The van der Waals surface area contributed by atoms with Gasteiger partial charge in [-0.3, -0.25) is 9.69 Å². The third-order valence-electron chi connectivity index (χ3n) is 3.31. The van der Waals surface area contributed by atoms with Crippen LogP contribution in [0.3, 0.4) is 0 Å². The maximum absolute atomic E-state index is 12.0. The Bertz CT molecular complexity index is 638. The van der Waals surface area contributed by atoms with Gasteiger partial charge in [0.15, 0.2) is 0 Å². The smallest absolute Gasteiger partial charge is 0.238 e. The van der Waals surface area contributed by atoms with Gasteiger partial charge in [0.1, 0.15) is 0 Å². The summed E-state index contributed by atoms with van der Waals surface area (Å²) in [5.41, 5.74) is 0.539. The highest BCUT2D eigenvalue weighted by atomic mass is 35.5. The molecular formula is C13H17Cl2N3O3S. The molecule has 0 saturated carbocycles. The van der Waals surface area contributed by atoms with Crippen LogP contribution in [0.5, 0.6) is 0 Å². The van der Waals surface area contributed by atoms with Crippen LogP contribution >= 0.6 is 23.2 Å². The minimum atomic E-state index is -3.16. The Morgan fingerprint density at radius 2 is 1.68 bits per heavy atom. The largest absolute Gasteiger partial charge is 0.325 e. The first-order valence-corrected chi connectivity index (χ1v) is 9.28. The fourth-order valence-electron chi connectivity index (χ4n) is 2.25. The van der Waals surface area contributed by atoms with Crippen molar-refractivity contribution in [2.45, 2.75) is 0 Å². The second-order valence-corrected chi connectivity index (χ2v) is 8.00. The lowest BCUT2D eigenvalue weighted by Gasteiger charge is -2.32. The molecule has 1 aliphatic rings. The molecule has 1 amide bonds. The molecule has 6 nitrogen and oxygen atoms in total. The van der Waals surface area contributed by atoms with Gasteiger partial charge < -0.3 is 5.32 Å². The highest BCUT2D eigenvalue weighted by Gasteiger charge is 2.24. The Morgan fingerprint density at radius 3 is 2.18 bits per heavy atom. The van der Waals surface area contributed by atoms with Gasteiger partial charge in [-0.05, 0) is 18.2 Å². The molecule has 122 valence electrons. The van der Waals surface area contributed by atoms with E-state index in [1.54, 1.807) is 18.2 Å². The predicted molar refractivity (Wildman–Crippen MR) is 87.9 cm³/mol. The van der Waals surface area contributed by atoms with Gasteiger partial charge >= 0.3 is 0 Å². The summed E-state index contributed by atoms with van der Waals surface area (Å²) in [7, 11) is -3.16. The summed E-state index contributed by atoms with van der Waals surface area (Å²) in [5, 5.41) is 3.63. The van der Waals surface area contributed by atoms with Crippen LogP contribution in [0.1, 0.15) is 0 Å². The lowest BCUT2D eigenvalue weighted by Crippen LogP contribution is -2.50. The number of anilines is 1. The zero-order chi connectivity index (χ0) is 16.3. The van der Waals surface area contributed by atoms with Crippen molar-refractivity contribution in [1.82, 2.24) is 9.21 Å². The minimum absolute atomic E-state index is 0.189. The quantitative estimate of drug-likeness (QED) is 0.877. The topological polar surface area (TPSA) is 69.7 Å². The summed E-state index contributed by atoms with van der Waals surface area (Å²) < 4.78 is 24.3. The van der Waals surface area contributed by atoms with Gasteiger partial charge in [-0.1, -0.05) is 23.2 Å². The molecule has 0 unspecified atom stereocenters. The van der Waals surface area contributed by atoms with E-state index in [0.29, 0.717) is 41.9 Å². The number of piperazine rings is 1. The zero-order valence-corrected chi connectivity index (χ0v) is 14.4. The monoisotopic (exact) mass is 365 g/mol. The van der Waals surface area contributed by atoms with E-state index in [1.807, 2.05) is 4.90 Å². The van der Waals surface area contributed by atoms with Crippen LogP contribution in [0.4, 0.5) is 5.69 Å². The zero-order valence-electron chi connectivity index (χ0n) is 12.1. The molecule has 1 aliphatic heterocycles. The molecule has 9 heteroatoms. The first-order valence-electron chi connectivity index (χ1n) is 6.67. The lowest BCUT2D eigenvalue weighted by atomic mass is 10.3. The second kappa shape index (κ2) is 7.14. The fraction of sp³-hybridized carbons (Fsp3) is 0.462. The maximum atomic E-state index is 12.0. The van der Waals surface area contributed by atoms with E-state index in [-0.39, 0.29) is 12.5 Å². The molecule has 1 aromatic carbocycles. The van der Waals surface area contributed by atoms with Crippen LogP contribution in [0, 0.1) is 0 Å². The Balaban J connectivity index is 1.86. The van der Waals surface area contributed by atoms with Gasteiger partial charge in [-0.2, -0.15) is 4.31 Å². The number of amides is 1. The summed E-state index contributed by atoms with van der Waals surface area (Å²) in [4.78, 5) is 13.9. The van der Waals surface area contributed by atoms with Crippen molar-refractivity contribution in [3.05, 3.63) is 28.2 Å². The molecular weight excluding hydrogens is 349 g/mol. The Hall–Kier alpha value is -0.860. The summed E-state index contributed by atoms with van der Waals surface area (Å²) in [6.07, 6.45) is 1.19. The lowest BCUT2D eigenvalue weighted by molar-refractivity contribution is -0.117. The average Bonchev–Trinajstić information content (AvgIpc) is 2.36. The van der Waals surface area contributed by atoms with Crippen LogP contribution in [0.25, 0.3) is 0 Å². The highest BCUT2D eigenvalue weighted by Crippen LogP contribution is 2.22. The van der Waals surface area contributed by atoms with E-state index in [4.69, 9.17) is 23.2 Å². The third-order valence-corrected chi connectivity index (χ3v) is 5.05. The Kier molecular flexibility index (Phi) is 5.68. The van der Waals surface area contributed by atoms with Crippen LogP contribution < -0.4 is 5.32 Å². The molecule has 0 bridgehead atoms. The number of hydrogen-bond donors (Lipinski definition) is 1. The van der Waals surface area contributed by atoms with Crippen molar-refractivity contribution < 1.29 is 13.2 Å². The highest BCUT2D eigenvalue weighted by molar-refractivity contribution is 7.88. The number of nitrogens with zero attached hydrogens (tertiary/aromatic N) is 2. The molecule has 1 aromatic rings. The average molecular weight is 366 g/mol. The van der Waals surface area contributed by atoms with Crippen molar-refractivity contribution in [2.75, 3.05) is 44.3 Å².